The molecule has 0 aromatic heterocycles. The van der Waals surface area contributed by atoms with Gasteiger partial charge in [0.1, 0.15) is 0 Å². The van der Waals surface area contributed by atoms with E-state index in [1.807, 2.05) is 13.0 Å². The maximum absolute atomic E-state index is 11.2. The number of ether oxygens (including phenoxy) is 2. The van der Waals surface area contributed by atoms with Gasteiger partial charge in [-0.2, -0.15) is 0 Å². The van der Waals surface area contributed by atoms with Gasteiger partial charge in [0, 0.05) is 11.3 Å². The Morgan fingerprint density at radius 3 is 2.76 bits per heavy atom. The number of methoxy groups -OCH3 is 1. The predicted octanol–water partition coefficient (Wildman–Crippen LogP) is 2.37. The zero-order valence-electron chi connectivity index (χ0n) is 12.3. The number of rotatable bonds is 5. The first-order chi connectivity index (χ1) is 10.1. The quantitative estimate of drug-likeness (QED) is 0.666. The molecule has 0 saturated heterocycles. The molecule has 0 radical (unpaired) electrons. The van der Waals surface area contributed by atoms with Crippen LogP contribution in [0.25, 0.3) is 0 Å². The molecular weight excluding hydrogens is 274 g/mol. The van der Waals surface area contributed by atoms with Crippen molar-refractivity contribution in [3.8, 4) is 11.5 Å². The van der Waals surface area contributed by atoms with Crippen LogP contribution >= 0.6 is 0 Å². The summed E-state index contributed by atoms with van der Waals surface area (Å²) >= 11 is 0. The van der Waals surface area contributed by atoms with Gasteiger partial charge in [-0.25, -0.2) is 0 Å². The maximum atomic E-state index is 11.2. The molecule has 0 heterocycles. The summed E-state index contributed by atoms with van der Waals surface area (Å²) in [5, 5.41) is 21.1. The minimum atomic E-state index is -0.656. The third-order valence-corrected chi connectivity index (χ3v) is 3.97. The van der Waals surface area contributed by atoms with Crippen molar-refractivity contribution in [3.05, 3.63) is 33.9 Å². The molecule has 1 saturated carbocycles. The van der Waals surface area contributed by atoms with E-state index < -0.39 is 12.1 Å². The van der Waals surface area contributed by atoms with Crippen molar-refractivity contribution in [1.29, 1.82) is 0 Å². The van der Waals surface area contributed by atoms with Crippen molar-refractivity contribution in [2.75, 3.05) is 13.7 Å². The van der Waals surface area contributed by atoms with Crippen LogP contribution in [0, 0.1) is 10.1 Å². The van der Waals surface area contributed by atoms with Crippen molar-refractivity contribution in [2.24, 2.45) is 0 Å². The summed E-state index contributed by atoms with van der Waals surface area (Å²) in [6, 6.07) is 4.72. The topological polar surface area (TPSA) is 81.8 Å². The lowest BCUT2D eigenvalue weighted by Crippen LogP contribution is -2.35. The van der Waals surface area contributed by atoms with Crippen LogP contribution in [0.2, 0.25) is 0 Å². The highest BCUT2D eigenvalue weighted by Gasteiger charge is 2.38. The zero-order valence-corrected chi connectivity index (χ0v) is 12.3. The van der Waals surface area contributed by atoms with Crippen LogP contribution < -0.4 is 9.47 Å². The molecule has 0 aliphatic heterocycles. The first-order valence-corrected chi connectivity index (χ1v) is 7.19. The molecule has 0 spiro atoms. The van der Waals surface area contributed by atoms with E-state index in [9.17, 15) is 15.2 Å². The van der Waals surface area contributed by atoms with Gasteiger partial charge >= 0.3 is 0 Å². The number of nitro groups is 1. The monoisotopic (exact) mass is 295 g/mol. The Morgan fingerprint density at radius 2 is 2.14 bits per heavy atom. The fourth-order valence-corrected chi connectivity index (χ4v) is 2.94. The van der Waals surface area contributed by atoms with Crippen molar-refractivity contribution < 1.29 is 19.5 Å². The van der Waals surface area contributed by atoms with Crippen molar-refractivity contribution in [1.82, 2.24) is 0 Å². The van der Waals surface area contributed by atoms with Gasteiger partial charge in [-0.05, 0) is 37.5 Å². The molecule has 6 heteroatoms. The highest BCUT2D eigenvalue weighted by Crippen LogP contribution is 2.38. The van der Waals surface area contributed by atoms with E-state index in [-0.39, 0.29) is 10.8 Å². The summed E-state index contributed by atoms with van der Waals surface area (Å²) in [6.45, 7) is 2.36. The van der Waals surface area contributed by atoms with Gasteiger partial charge in [0.15, 0.2) is 11.5 Å². The van der Waals surface area contributed by atoms with Gasteiger partial charge in [0.05, 0.1) is 25.7 Å². The van der Waals surface area contributed by atoms with E-state index in [1.165, 1.54) is 0 Å². The lowest BCUT2D eigenvalue weighted by molar-refractivity contribution is -0.531. The fraction of sp³-hybridized carbons (Fsp3) is 0.600. The van der Waals surface area contributed by atoms with Crippen LogP contribution in [0.4, 0.5) is 0 Å². The van der Waals surface area contributed by atoms with Gasteiger partial charge in [0.25, 0.3) is 0 Å². The van der Waals surface area contributed by atoms with Gasteiger partial charge in [-0.1, -0.05) is 6.07 Å². The van der Waals surface area contributed by atoms with Crippen molar-refractivity contribution in [3.63, 3.8) is 0 Å². The fourth-order valence-electron chi connectivity index (χ4n) is 2.94. The molecule has 2 rings (SSSR count). The smallest absolute Gasteiger partial charge is 0.220 e. The van der Waals surface area contributed by atoms with Crippen LogP contribution in [0.3, 0.4) is 0 Å². The van der Waals surface area contributed by atoms with E-state index in [2.05, 4.69) is 0 Å². The molecule has 21 heavy (non-hydrogen) atoms. The summed E-state index contributed by atoms with van der Waals surface area (Å²) in [6.07, 6.45) is 0.804. The van der Waals surface area contributed by atoms with Gasteiger partial charge in [-0.3, -0.25) is 10.1 Å². The second kappa shape index (κ2) is 6.76. The summed E-state index contributed by atoms with van der Waals surface area (Å²) in [7, 11) is 1.56. The van der Waals surface area contributed by atoms with E-state index in [1.54, 1.807) is 19.2 Å². The third-order valence-electron chi connectivity index (χ3n) is 3.97. The Morgan fingerprint density at radius 1 is 1.38 bits per heavy atom. The minimum absolute atomic E-state index is 0.235. The van der Waals surface area contributed by atoms with Crippen molar-refractivity contribution in [2.45, 2.75) is 44.2 Å². The lowest BCUT2D eigenvalue weighted by Gasteiger charge is -2.29. The SMILES string of the molecule is CCOc1cc([C@H]2C[C@H](O)CC[C@@H]2[N+](=O)[O-])ccc1OC. The molecule has 1 aromatic carbocycles. The standard InChI is InChI=1S/C15H21NO5/c1-3-21-15-8-10(4-7-14(15)20-2)12-9-11(17)5-6-13(12)16(18)19/h4,7-8,11-13,17H,3,5-6,9H2,1-2H3/t11-,12-,13+/m1/s1. The summed E-state index contributed by atoms with van der Waals surface area (Å²) in [5.41, 5.74) is 0.819. The Bertz CT molecular complexity index is 505. The van der Waals surface area contributed by atoms with Crippen molar-refractivity contribution >= 4 is 0 Å². The highest BCUT2D eigenvalue weighted by molar-refractivity contribution is 5.44. The molecule has 3 atom stereocenters. The molecule has 0 amide bonds. The largest absolute Gasteiger partial charge is 0.493 e. The average Bonchev–Trinajstić information content (AvgIpc) is 2.47. The molecule has 1 aliphatic rings. The van der Waals surface area contributed by atoms with E-state index in [4.69, 9.17) is 9.47 Å². The molecule has 1 N–H and O–H groups in total. The van der Waals surface area contributed by atoms with E-state index in [0.717, 1.165) is 5.56 Å². The van der Waals surface area contributed by atoms with Crippen LogP contribution in [-0.4, -0.2) is 35.9 Å². The third kappa shape index (κ3) is 3.44. The first kappa shape index (κ1) is 15.6. The number of hydrogen-bond donors (Lipinski definition) is 1. The maximum Gasteiger partial charge on any atom is 0.220 e. The summed E-state index contributed by atoms with van der Waals surface area (Å²) < 4.78 is 10.8. The van der Waals surface area contributed by atoms with Crippen LogP contribution in [0.5, 0.6) is 11.5 Å². The number of aliphatic hydroxyl groups is 1. The normalized spacial score (nSPS) is 25.4. The molecule has 0 bridgehead atoms. The zero-order chi connectivity index (χ0) is 15.4. The van der Waals surface area contributed by atoms with Gasteiger partial charge in [-0.15, -0.1) is 0 Å². The Kier molecular flexibility index (Phi) is 5.01. The molecule has 1 fully saturated rings. The van der Waals surface area contributed by atoms with E-state index in [0.29, 0.717) is 37.4 Å². The summed E-state index contributed by atoms with van der Waals surface area (Å²) in [4.78, 5) is 11.0. The molecule has 6 nitrogen and oxygen atoms in total. The number of benzene rings is 1. The van der Waals surface area contributed by atoms with E-state index >= 15 is 0 Å². The number of aliphatic hydroxyl groups excluding tert-OH is 1. The summed E-state index contributed by atoms with van der Waals surface area (Å²) in [5.74, 6) is 0.892. The molecule has 1 aromatic rings. The Balaban J connectivity index is 2.33. The first-order valence-electron chi connectivity index (χ1n) is 7.19. The highest BCUT2D eigenvalue weighted by atomic mass is 16.6. The second-order valence-electron chi connectivity index (χ2n) is 5.27. The number of hydrogen-bond acceptors (Lipinski definition) is 5. The molecule has 1 aliphatic carbocycles. The second-order valence-corrected chi connectivity index (χ2v) is 5.27. The molecular formula is C15H21NO5. The van der Waals surface area contributed by atoms with Crippen LogP contribution in [0.1, 0.15) is 37.7 Å². The minimum Gasteiger partial charge on any atom is -0.493 e. The average molecular weight is 295 g/mol. The Labute approximate surface area is 123 Å². The Hall–Kier alpha value is -1.82. The molecule has 0 unspecified atom stereocenters. The molecule has 116 valence electrons. The number of nitrogens with zero attached hydrogens (tertiary/aromatic N) is 1. The van der Waals surface area contributed by atoms with Gasteiger partial charge < -0.3 is 14.6 Å². The predicted molar refractivity (Wildman–Crippen MR) is 77.5 cm³/mol. The van der Waals surface area contributed by atoms with Crippen LogP contribution in [-0.2, 0) is 0 Å². The van der Waals surface area contributed by atoms with Gasteiger partial charge in [0.2, 0.25) is 6.04 Å². The lowest BCUT2D eigenvalue weighted by atomic mass is 9.79. The van der Waals surface area contributed by atoms with Crippen LogP contribution in [0.15, 0.2) is 18.2 Å².